The molecule has 0 radical (unpaired) electrons. The molecular weight excluding hydrogens is 254 g/mol. The van der Waals surface area contributed by atoms with E-state index >= 15 is 0 Å². The lowest BCUT2D eigenvalue weighted by atomic mass is 10.1. The molecular formula is C15H21N3O2. The first-order valence-electron chi connectivity index (χ1n) is 6.75. The number of fused-ring (bicyclic) bond motifs is 1. The third-order valence-corrected chi connectivity index (χ3v) is 3.48. The van der Waals surface area contributed by atoms with Crippen molar-refractivity contribution in [3.8, 4) is 0 Å². The molecule has 1 atom stereocenters. The fourth-order valence-corrected chi connectivity index (χ4v) is 2.46. The predicted molar refractivity (Wildman–Crippen MR) is 80.8 cm³/mol. The highest BCUT2D eigenvalue weighted by Crippen LogP contribution is 2.22. The average molecular weight is 275 g/mol. The van der Waals surface area contributed by atoms with Gasteiger partial charge in [-0.1, -0.05) is 0 Å². The van der Waals surface area contributed by atoms with E-state index in [-0.39, 0.29) is 11.9 Å². The van der Waals surface area contributed by atoms with E-state index in [1.54, 1.807) is 18.2 Å². The monoisotopic (exact) mass is 275 g/mol. The summed E-state index contributed by atoms with van der Waals surface area (Å²) < 4.78 is 5.14. The van der Waals surface area contributed by atoms with Gasteiger partial charge in [-0.2, -0.15) is 0 Å². The second-order valence-electron chi connectivity index (χ2n) is 4.90. The van der Waals surface area contributed by atoms with Gasteiger partial charge in [0.2, 0.25) is 0 Å². The number of nitrogen functional groups attached to an aromatic ring is 1. The number of amides is 1. The van der Waals surface area contributed by atoms with E-state index in [1.165, 1.54) is 0 Å². The summed E-state index contributed by atoms with van der Waals surface area (Å²) in [6, 6.07) is 5.56. The first kappa shape index (κ1) is 14.4. The van der Waals surface area contributed by atoms with Crippen LogP contribution in [0.15, 0.2) is 24.4 Å². The zero-order chi connectivity index (χ0) is 14.7. The van der Waals surface area contributed by atoms with Crippen LogP contribution in [0.4, 0.5) is 5.69 Å². The van der Waals surface area contributed by atoms with Crippen molar-refractivity contribution in [1.29, 1.82) is 0 Å². The Balaban J connectivity index is 2.36. The summed E-state index contributed by atoms with van der Waals surface area (Å²) in [6.45, 7) is 5.10. The minimum absolute atomic E-state index is 0.00565. The van der Waals surface area contributed by atoms with E-state index in [9.17, 15) is 4.79 Å². The number of hydrogen-bond donors (Lipinski definition) is 2. The SMILES string of the molecule is CCN(C(=O)c1c[nH]c2ccc(N)cc12)C(C)COC. The molecule has 0 saturated heterocycles. The Morgan fingerprint density at radius 1 is 1.50 bits per heavy atom. The van der Waals surface area contributed by atoms with E-state index in [2.05, 4.69) is 4.98 Å². The molecule has 1 aromatic heterocycles. The van der Waals surface area contributed by atoms with E-state index in [4.69, 9.17) is 10.5 Å². The van der Waals surface area contributed by atoms with Crippen molar-refractivity contribution in [2.24, 2.45) is 0 Å². The number of nitrogens with one attached hydrogen (secondary N) is 1. The highest BCUT2D eigenvalue weighted by atomic mass is 16.5. The zero-order valence-corrected chi connectivity index (χ0v) is 12.1. The number of carbonyl (C=O) groups excluding carboxylic acids is 1. The van der Waals surface area contributed by atoms with E-state index in [1.807, 2.05) is 32.0 Å². The number of H-pyrrole nitrogens is 1. The molecule has 0 bridgehead atoms. The molecule has 1 aromatic carbocycles. The molecule has 0 aliphatic carbocycles. The van der Waals surface area contributed by atoms with Crippen molar-refractivity contribution < 1.29 is 9.53 Å². The van der Waals surface area contributed by atoms with Crippen LogP contribution in [-0.4, -0.2) is 42.1 Å². The summed E-state index contributed by atoms with van der Waals surface area (Å²) in [4.78, 5) is 17.6. The van der Waals surface area contributed by atoms with Crippen LogP contribution in [0.2, 0.25) is 0 Å². The number of nitrogens with zero attached hydrogens (tertiary/aromatic N) is 1. The first-order chi connectivity index (χ1) is 9.58. The molecule has 2 aromatic rings. The number of benzene rings is 1. The van der Waals surface area contributed by atoms with Gasteiger partial charge in [-0.3, -0.25) is 4.79 Å². The maximum Gasteiger partial charge on any atom is 0.256 e. The second-order valence-corrected chi connectivity index (χ2v) is 4.90. The van der Waals surface area contributed by atoms with Gasteiger partial charge in [-0.25, -0.2) is 0 Å². The number of nitrogens with two attached hydrogens (primary N) is 1. The molecule has 5 nitrogen and oxygen atoms in total. The van der Waals surface area contributed by atoms with Gasteiger partial charge in [-0.15, -0.1) is 0 Å². The lowest BCUT2D eigenvalue weighted by Crippen LogP contribution is -2.40. The van der Waals surface area contributed by atoms with Gasteiger partial charge in [0, 0.05) is 36.4 Å². The Hall–Kier alpha value is -2.01. The summed E-state index contributed by atoms with van der Waals surface area (Å²) in [5, 5.41) is 0.859. The lowest BCUT2D eigenvalue weighted by Gasteiger charge is -2.27. The summed E-state index contributed by atoms with van der Waals surface area (Å²) >= 11 is 0. The van der Waals surface area contributed by atoms with Crippen molar-refractivity contribution in [2.75, 3.05) is 26.0 Å². The predicted octanol–water partition coefficient (Wildman–Crippen LogP) is 2.25. The number of likely N-dealkylation sites (N-methyl/N-ethyl adjacent to an activating group) is 1. The minimum Gasteiger partial charge on any atom is -0.399 e. The third kappa shape index (κ3) is 2.63. The number of aromatic amines is 1. The van der Waals surface area contributed by atoms with E-state index in [0.717, 1.165) is 10.9 Å². The smallest absolute Gasteiger partial charge is 0.256 e. The number of ether oxygens (including phenoxy) is 1. The van der Waals surface area contributed by atoms with Crippen LogP contribution in [0.1, 0.15) is 24.2 Å². The molecule has 5 heteroatoms. The molecule has 0 fully saturated rings. The molecule has 2 rings (SSSR count). The summed E-state index contributed by atoms with van der Waals surface area (Å²) in [6.07, 6.45) is 1.74. The van der Waals surface area contributed by atoms with Crippen molar-refractivity contribution in [3.05, 3.63) is 30.0 Å². The van der Waals surface area contributed by atoms with Crippen LogP contribution in [0.5, 0.6) is 0 Å². The normalized spacial score (nSPS) is 12.6. The van der Waals surface area contributed by atoms with Crippen molar-refractivity contribution in [2.45, 2.75) is 19.9 Å². The van der Waals surface area contributed by atoms with Gasteiger partial charge < -0.3 is 20.4 Å². The van der Waals surface area contributed by atoms with Crippen LogP contribution < -0.4 is 5.73 Å². The fraction of sp³-hybridized carbons (Fsp3) is 0.400. The number of carbonyl (C=O) groups is 1. The summed E-state index contributed by atoms with van der Waals surface area (Å²) in [7, 11) is 1.64. The van der Waals surface area contributed by atoms with Gasteiger partial charge >= 0.3 is 0 Å². The third-order valence-electron chi connectivity index (χ3n) is 3.48. The van der Waals surface area contributed by atoms with Crippen LogP contribution in [0.25, 0.3) is 10.9 Å². The number of methoxy groups -OCH3 is 1. The topological polar surface area (TPSA) is 71.4 Å². The fourth-order valence-electron chi connectivity index (χ4n) is 2.46. The Bertz CT molecular complexity index is 606. The molecule has 1 unspecified atom stereocenters. The molecule has 0 spiro atoms. The van der Waals surface area contributed by atoms with Gasteiger partial charge in [0.1, 0.15) is 0 Å². The quantitative estimate of drug-likeness (QED) is 0.822. The molecule has 20 heavy (non-hydrogen) atoms. The van der Waals surface area contributed by atoms with Crippen molar-refractivity contribution in [3.63, 3.8) is 0 Å². The van der Waals surface area contributed by atoms with Crippen LogP contribution in [0.3, 0.4) is 0 Å². The Morgan fingerprint density at radius 2 is 2.25 bits per heavy atom. The highest BCUT2D eigenvalue weighted by Gasteiger charge is 2.22. The molecule has 1 amide bonds. The molecule has 108 valence electrons. The minimum atomic E-state index is -0.00565. The Morgan fingerprint density at radius 3 is 2.90 bits per heavy atom. The zero-order valence-electron chi connectivity index (χ0n) is 12.1. The number of anilines is 1. The highest BCUT2D eigenvalue weighted by molar-refractivity contribution is 6.07. The summed E-state index contributed by atoms with van der Waals surface area (Å²) in [5.74, 6) is -0.00565. The maximum atomic E-state index is 12.7. The molecule has 3 N–H and O–H groups in total. The Kier molecular flexibility index (Phi) is 4.29. The van der Waals surface area contributed by atoms with E-state index in [0.29, 0.717) is 24.4 Å². The first-order valence-corrected chi connectivity index (χ1v) is 6.75. The lowest BCUT2D eigenvalue weighted by molar-refractivity contribution is 0.0581. The van der Waals surface area contributed by atoms with Crippen LogP contribution in [0, 0.1) is 0 Å². The molecule has 1 heterocycles. The second kappa shape index (κ2) is 5.96. The molecule has 0 aliphatic heterocycles. The van der Waals surface area contributed by atoms with E-state index < -0.39 is 0 Å². The van der Waals surface area contributed by atoms with Gasteiger partial charge in [0.05, 0.1) is 18.2 Å². The number of hydrogen-bond acceptors (Lipinski definition) is 3. The summed E-state index contributed by atoms with van der Waals surface area (Å²) in [5.41, 5.74) is 8.03. The maximum absolute atomic E-state index is 12.7. The standard InChI is InChI=1S/C15H21N3O2/c1-4-18(10(2)9-20-3)15(19)13-8-17-14-6-5-11(16)7-12(13)14/h5-8,10,17H,4,9,16H2,1-3H3. The van der Waals surface area contributed by atoms with Crippen LogP contribution in [-0.2, 0) is 4.74 Å². The van der Waals surface area contributed by atoms with Crippen LogP contribution >= 0.6 is 0 Å². The number of rotatable bonds is 5. The largest absolute Gasteiger partial charge is 0.399 e. The Labute approximate surface area is 118 Å². The molecule has 0 aliphatic rings. The van der Waals surface area contributed by atoms with Crippen molar-refractivity contribution >= 4 is 22.5 Å². The molecule has 0 saturated carbocycles. The average Bonchev–Trinajstić information content (AvgIpc) is 2.82. The van der Waals surface area contributed by atoms with Gasteiger partial charge in [0.25, 0.3) is 5.91 Å². The van der Waals surface area contributed by atoms with Crippen molar-refractivity contribution in [1.82, 2.24) is 9.88 Å². The van der Waals surface area contributed by atoms with Gasteiger partial charge in [-0.05, 0) is 32.0 Å². The van der Waals surface area contributed by atoms with Gasteiger partial charge in [0.15, 0.2) is 0 Å². The number of aromatic nitrogens is 1.